The first-order valence-electron chi connectivity index (χ1n) is 8.46. The summed E-state index contributed by atoms with van der Waals surface area (Å²) in [5, 5.41) is 6.01. The summed E-state index contributed by atoms with van der Waals surface area (Å²) in [7, 11) is 1.55. The van der Waals surface area contributed by atoms with Crippen molar-refractivity contribution in [1.82, 2.24) is 4.98 Å². The van der Waals surface area contributed by atoms with Gasteiger partial charge >= 0.3 is 0 Å². The average Bonchev–Trinajstić information content (AvgIpc) is 2.71. The van der Waals surface area contributed by atoms with Gasteiger partial charge in [0.2, 0.25) is 0 Å². The van der Waals surface area contributed by atoms with Crippen LogP contribution in [0.4, 0.5) is 11.4 Å². The molecule has 3 aromatic rings. The van der Waals surface area contributed by atoms with E-state index in [0.717, 1.165) is 5.56 Å². The molecule has 0 fully saturated rings. The standard InChI is InChI=1S/C21H18ClN3O3/c1-13-9-10-15(12-17(13)22)24-21(27)19-8-4-7-18(25-19)20(26)23-14-5-3-6-16(11-14)28-2/h3-12H,1-2H3,(H,23,26)(H,24,27). The van der Waals surface area contributed by atoms with E-state index in [1.54, 1.807) is 49.6 Å². The Balaban J connectivity index is 1.74. The normalized spacial score (nSPS) is 10.2. The van der Waals surface area contributed by atoms with Crippen molar-refractivity contribution in [1.29, 1.82) is 0 Å². The van der Waals surface area contributed by atoms with Crippen molar-refractivity contribution in [3.8, 4) is 5.75 Å². The molecule has 0 radical (unpaired) electrons. The van der Waals surface area contributed by atoms with E-state index in [9.17, 15) is 9.59 Å². The number of aromatic nitrogens is 1. The number of anilines is 2. The first kappa shape index (κ1) is 19.4. The lowest BCUT2D eigenvalue weighted by Gasteiger charge is -2.09. The third kappa shape index (κ3) is 4.66. The van der Waals surface area contributed by atoms with Crippen molar-refractivity contribution < 1.29 is 14.3 Å². The number of pyridine rings is 1. The number of carbonyl (C=O) groups excluding carboxylic acids is 2. The van der Waals surface area contributed by atoms with Gasteiger partial charge in [0, 0.05) is 22.5 Å². The monoisotopic (exact) mass is 395 g/mol. The molecule has 142 valence electrons. The van der Waals surface area contributed by atoms with E-state index in [1.807, 2.05) is 13.0 Å². The minimum Gasteiger partial charge on any atom is -0.497 e. The molecule has 0 bridgehead atoms. The molecule has 2 amide bonds. The molecule has 2 N–H and O–H groups in total. The highest BCUT2D eigenvalue weighted by atomic mass is 35.5. The van der Waals surface area contributed by atoms with Gasteiger partial charge in [0.05, 0.1) is 7.11 Å². The van der Waals surface area contributed by atoms with Gasteiger partial charge in [0.15, 0.2) is 0 Å². The van der Waals surface area contributed by atoms with Crippen molar-refractivity contribution in [3.63, 3.8) is 0 Å². The van der Waals surface area contributed by atoms with Gasteiger partial charge in [-0.05, 0) is 48.9 Å². The number of aryl methyl sites for hydroxylation is 1. The number of benzene rings is 2. The number of hydrogen-bond acceptors (Lipinski definition) is 4. The highest BCUT2D eigenvalue weighted by Crippen LogP contribution is 2.20. The predicted molar refractivity (Wildman–Crippen MR) is 109 cm³/mol. The fourth-order valence-corrected chi connectivity index (χ4v) is 2.63. The number of ether oxygens (including phenoxy) is 1. The van der Waals surface area contributed by atoms with Crippen LogP contribution in [0.1, 0.15) is 26.5 Å². The minimum absolute atomic E-state index is 0.120. The van der Waals surface area contributed by atoms with Gasteiger partial charge in [-0.15, -0.1) is 0 Å². The Kier molecular flexibility index (Phi) is 5.91. The molecular weight excluding hydrogens is 378 g/mol. The number of nitrogens with zero attached hydrogens (tertiary/aromatic N) is 1. The lowest BCUT2D eigenvalue weighted by atomic mass is 10.2. The fourth-order valence-electron chi connectivity index (χ4n) is 2.45. The smallest absolute Gasteiger partial charge is 0.274 e. The summed E-state index contributed by atoms with van der Waals surface area (Å²) in [5.74, 6) is -0.243. The Morgan fingerprint density at radius 2 is 1.50 bits per heavy atom. The number of rotatable bonds is 5. The quantitative estimate of drug-likeness (QED) is 0.663. The van der Waals surface area contributed by atoms with Gasteiger partial charge in [-0.2, -0.15) is 0 Å². The van der Waals surface area contributed by atoms with Gasteiger partial charge in [-0.1, -0.05) is 29.8 Å². The van der Waals surface area contributed by atoms with Gasteiger partial charge in [0.1, 0.15) is 17.1 Å². The molecule has 6 nitrogen and oxygen atoms in total. The maximum atomic E-state index is 12.5. The molecule has 0 aliphatic heterocycles. The molecule has 0 unspecified atom stereocenters. The second kappa shape index (κ2) is 8.54. The lowest BCUT2D eigenvalue weighted by molar-refractivity contribution is 0.101. The summed E-state index contributed by atoms with van der Waals surface area (Å²) < 4.78 is 5.14. The summed E-state index contributed by atoms with van der Waals surface area (Å²) >= 11 is 6.08. The lowest BCUT2D eigenvalue weighted by Crippen LogP contribution is -2.18. The van der Waals surface area contributed by atoms with Crippen LogP contribution in [0.2, 0.25) is 5.02 Å². The third-order valence-corrected chi connectivity index (χ3v) is 4.38. The van der Waals surface area contributed by atoms with Crippen LogP contribution in [0.25, 0.3) is 0 Å². The molecular formula is C21H18ClN3O3. The summed E-state index contributed by atoms with van der Waals surface area (Å²) in [6, 6.07) is 16.9. The van der Waals surface area contributed by atoms with Crippen molar-refractivity contribution in [2.24, 2.45) is 0 Å². The average molecular weight is 396 g/mol. The molecule has 1 heterocycles. The van der Waals surface area contributed by atoms with Gasteiger partial charge < -0.3 is 15.4 Å². The van der Waals surface area contributed by atoms with Gasteiger partial charge in [0.25, 0.3) is 11.8 Å². The van der Waals surface area contributed by atoms with Crippen molar-refractivity contribution >= 4 is 34.8 Å². The molecule has 0 saturated carbocycles. The Morgan fingerprint density at radius 1 is 0.893 bits per heavy atom. The molecule has 0 atom stereocenters. The maximum absolute atomic E-state index is 12.5. The van der Waals surface area contributed by atoms with E-state index in [-0.39, 0.29) is 11.4 Å². The van der Waals surface area contributed by atoms with Crippen LogP contribution in [0.15, 0.2) is 60.7 Å². The van der Waals surface area contributed by atoms with Crippen LogP contribution in [-0.4, -0.2) is 23.9 Å². The van der Waals surface area contributed by atoms with Gasteiger partial charge in [-0.3, -0.25) is 9.59 Å². The van der Waals surface area contributed by atoms with E-state index in [4.69, 9.17) is 16.3 Å². The highest BCUT2D eigenvalue weighted by molar-refractivity contribution is 6.31. The van der Waals surface area contributed by atoms with Crippen LogP contribution in [0.3, 0.4) is 0 Å². The number of amides is 2. The Morgan fingerprint density at radius 3 is 2.11 bits per heavy atom. The zero-order valence-electron chi connectivity index (χ0n) is 15.3. The minimum atomic E-state index is -0.434. The largest absolute Gasteiger partial charge is 0.497 e. The molecule has 1 aromatic heterocycles. The zero-order chi connectivity index (χ0) is 20.1. The molecule has 0 spiro atoms. The van der Waals surface area contributed by atoms with E-state index in [1.165, 1.54) is 12.1 Å². The summed E-state index contributed by atoms with van der Waals surface area (Å²) in [6.45, 7) is 1.87. The molecule has 0 aliphatic rings. The topological polar surface area (TPSA) is 80.3 Å². The maximum Gasteiger partial charge on any atom is 0.274 e. The number of methoxy groups -OCH3 is 1. The van der Waals surface area contributed by atoms with Crippen LogP contribution in [0, 0.1) is 6.92 Å². The van der Waals surface area contributed by atoms with E-state index < -0.39 is 11.8 Å². The number of hydrogen-bond donors (Lipinski definition) is 2. The second-order valence-electron chi connectivity index (χ2n) is 6.01. The first-order chi connectivity index (χ1) is 13.5. The van der Waals surface area contributed by atoms with Crippen LogP contribution >= 0.6 is 11.6 Å². The molecule has 28 heavy (non-hydrogen) atoms. The zero-order valence-corrected chi connectivity index (χ0v) is 16.1. The Hall–Kier alpha value is -3.38. The van der Waals surface area contributed by atoms with E-state index >= 15 is 0 Å². The van der Waals surface area contributed by atoms with Gasteiger partial charge in [-0.25, -0.2) is 4.98 Å². The summed E-state index contributed by atoms with van der Waals surface area (Å²) in [6.07, 6.45) is 0. The number of carbonyl (C=O) groups is 2. The molecule has 7 heteroatoms. The fraction of sp³-hybridized carbons (Fsp3) is 0.0952. The van der Waals surface area contributed by atoms with Crippen LogP contribution in [0.5, 0.6) is 5.75 Å². The molecule has 0 aliphatic carbocycles. The molecule has 0 saturated heterocycles. The number of halogens is 1. The van der Waals surface area contributed by atoms with Crippen molar-refractivity contribution in [2.45, 2.75) is 6.92 Å². The molecule has 3 rings (SSSR count). The van der Waals surface area contributed by atoms with Crippen LogP contribution in [-0.2, 0) is 0 Å². The predicted octanol–water partition coefficient (Wildman–Crippen LogP) is 4.56. The second-order valence-corrected chi connectivity index (χ2v) is 6.42. The highest BCUT2D eigenvalue weighted by Gasteiger charge is 2.13. The van der Waals surface area contributed by atoms with E-state index in [2.05, 4.69) is 15.6 Å². The number of nitrogens with one attached hydrogen (secondary N) is 2. The first-order valence-corrected chi connectivity index (χ1v) is 8.84. The third-order valence-electron chi connectivity index (χ3n) is 3.97. The van der Waals surface area contributed by atoms with Crippen molar-refractivity contribution in [2.75, 3.05) is 17.7 Å². The summed E-state index contributed by atoms with van der Waals surface area (Å²) in [4.78, 5) is 29.1. The SMILES string of the molecule is COc1cccc(NC(=O)c2cccc(C(=O)Nc3ccc(C)c(Cl)c3)n2)c1. The Labute approximate surface area is 167 Å². The van der Waals surface area contributed by atoms with Crippen LogP contribution < -0.4 is 15.4 Å². The summed E-state index contributed by atoms with van der Waals surface area (Å²) in [5.41, 5.74) is 2.27. The molecule has 2 aromatic carbocycles. The van der Waals surface area contributed by atoms with Crippen molar-refractivity contribution in [3.05, 3.63) is 82.6 Å². The Bertz CT molecular complexity index is 1040. The van der Waals surface area contributed by atoms with E-state index in [0.29, 0.717) is 22.1 Å².